The number of rotatable bonds is 5. The summed E-state index contributed by atoms with van der Waals surface area (Å²) in [4.78, 5) is 12.9. The fourth-order valence-corrected chi connectivity index (χ4v) is 2.49. The van der Waals surface area contributed by atoms with E-state index in [-0.39, 0.29) is 5.91 Å². The van der Waals surface area contributed by atoms with Crippen LogP contribution in [0.5, 0.6) is 5.75 Å². The number of amides is 1. The molecule has 0 aliphatic carbocycles. The SMILES string of the molecule is COc1ccc(NC(=O)/C(=C/c2ccccc2)c2ccccc2)cc1. The molecule has 0 aromatic heterocycles. The van der Waals surface area contributed by atoms with Gasteiger partial charge in [0.25, 0.3) is 5.91 Å². The van der Waals surface area contributed by atoms with E-state index in [1.54, 1.807) is 7.11 Å². The maximum Gasteiger partial charge on any atom is 0.256 e. The summed E-state index contributed by atoms with van der Waals surface area (Å²) < 4.78 is 5.15. The van der Waals surface area contributed by atoms with Crippen molar-refractivity contribution in [2.24, 2.45) is 0 Å². The minimum atomic E-state index is -0.153. The van der Waals surface area contributed by atoms with Crippen LogP contribution in [0.4, 0.5) is 5.69 Å². The summed E-state index contributed by atoms with van der Waals surface area (Å²) in [6.45, 7) is 0. The summed E-state index contributed by atoms with van der Waals surface area (Å²) in [5.41, 5.74) is 3.19. The van der Waals surface area contributed by atoms with Crippen LogP contribution in [0.15, 0.2) is 84.9 Å². The van der Waals surface area contributed by atoms with E-state index in [0.717, 1.165) is 22.6 Å². The van der Waals surface area contributed by atoms with Crippen LogP contribution in [0, 0.1) is 0 Å². The predicted molar refractivity (Wildman–Crippen MR) is 102 cm³/mol. The van der Waals surface area contributed by atoms with Crippen molar-refractivity contribution < 1.29 is 9.53 Å². The molecule has 124 valence electrons. The number of carbonyl (C=O) groups excluding carboxylic acids is 1. The minimum Gasteiger partial charge on any atom is -0.497 e. The number of hydrogen-bond acceptors (Lipinski definition) is 2. The molecule has 3 heteroatoms. The number of nitrogens with one attached hydrogen (secondary N) is 1. The third-order valence-electron chi connectivity index (χ3n) is 3.79. The summed E-state index contributed by atoms with van der Waals surface area (Å²) >= 11 is 0. The highest BCUT2D eigenvalue weighted by molar-refractivity contribution is 6.29. The molecule has 1 amide bonds. The molecule has 0 aliphatic rings. The van der Waals surface area contributed by atoms with Crippen LogP contribution in [0.2, 0.25) is 0 Å². The molecule has 0 bridgehead atoms. The minimum absolute atomic E-state index is 0.153. The van der Waals surface area contributed by atoms with Crippen molar-refractivity contribution in [3.63, 3.8) is 0 Å². The first-order valence-corrected chi connectivity index (χ1v) is 8.04. The van der Waals surface area contributed by atoms with Crippen LogP contribution in [-0.4, -0.2) is 13.0 Å². The average Bonchev–Trinajstić information content (AvgIpc) is 2.68. The Labute approximate surface area is 147 Å². The topological polar surface area (TPSA) is 38.3 Å². The number of anilines is 1. The number of methoxy groups -OCH3 is 1. The second kappa shape index (κ2) is 7.97. The normalized spacial score (nSPS) is 11.0. The third-order valence-corrected chi connectivity index (χ3v) is 3.79. The van der Waals surface area contributed by atoms with Gasteiger partial charge in [-0.1, -0.05) is 60.7 Å². The maximum absolute atomic E-state index is 12.9. The van der Waals surface area contributed by atoms with Gasteiger partial charge in [0.05, 0.1) is 7.11 Å². The van der Waals surface area contributed by atoms with Gasteiger partial charge in [-0.2, -0.15) is 0 Å². The zero-order valence-electron chi connectivity index (χ0n) is 14.0. The smallest absolute Gasteiger partial charge is 0.256 e. The Kier molecular flexibility index (Phi) is 5.27. The predicted octanol–water partition coefficient (Wildman–Crippen LogP) is 4.87. The van der Waals surface area contributed by atoms with Gasteiger partial charge in [0.1, 0.15) is 5.75 Å². The largest absolute Gasteiger partial charge is 0.497 e. The summed E-state index contributed by atoms with van der Waals surface area (Å²) in [7, 11) is 1.61. The van der Waals surface area contributed by atoms with Crippen molar-refractivity contribution in [2.45, 2.75) is 0 Å². The highest BCUT2D eigenvalue weighted by atomic mass is 16.5. The van der Waals surface area contributed by atoms with Crippen molar-refractivity contribution in [3.8, 4) is 5.75 Å². The van der Waals surface area contributed by atoms with Crippen LogP contribution in [0.1, 0.15) is 11.1 Å². The summed E-state index contributed by atoms with van der Waals surface area (Å²) in [5.74, 6) is 0.598. The van der Waals surface area contributed by atoms with Gasteiger partial charge in [-0.25, -0.2) is 0 Å². The Morgan fingerprint density at radius 2 is 1.44 bits per heavy atom. The molecule has 0 radical (unpaired) electrons. The first kappa shape index (κ1) is 16.5. The molecular formula is C22H19NO2. The van der Waals surface area contributed by atoms with Gasteiger partial charge in [-0.3, -0.25) is 4.79 Å². The molecule has 3 aromatic carbocycles. The molecule has 0 fully saturated rings. The number of benzene rings is 3. The zero-order chi connectivity index (χ0) is 17.5. The highest BCUT2D eigenvalue weighted by Crippen LogP contribution is 2.21. The molecule has 0 saturated heterocycles. The second-order valence-electron chi connectivity index (χ2n) is 5.52. The molecule has 0 spiro atoms. The molecular weight excluding hydrogens is 310 g/mol. The Balaban J connectivity index is 1.91. The molecule has 0 unspecified atom stereocenters. The number of carbonyl (C=O) groups is 1. The van der Waals surface area contributed by atoms with E-state index in [0.29, 0.717) is 5.57 Å². The molecule has 3 nitrogen and oxygen atoms in total. The van der Waals surface area contributed by atoms with Gasteiger partial charge in [0.15, 0.2) is 0 Å². The van der Waals surface area contributed by atoms with Gasteiger partial charge in [0.2, 0.25) is 0 Å². The van der Waals surface area contributed by atoms with E-state index < -0.39 is 0 Å². The maximum atomic E-state index is 12.9. The number of ether oxygens (including phenoxy) is 1. The van der Waals surface area contributed by atoms with Crippen LogP contribution in [0.3, 0.4) is 0 Å². The van der Waals surface area contributed by atoms with Crippen LogP contribution in [0.25, 0.3) is 11.6 Å². The number of hydrogen-bond donors (Lipinski definition) is 1. The van der Waals surface area contributed by atoms with E-state index in [9.17, 15) is 4.79 Å². The van der Waals surface area contributed by atoms with Crippen molar-refractivity contribution in [1.29, 1.82) is 0 Å². The van der Waals surface area contributed by atoms with E-state index in [2.05, 4.69) is 5.32 Å². The highest BCUT2D eigenvalue weighted by Gasteiger charge is 2.12. The molecule has 0 aliphatic heterocycles. The molecule has 3 aromatic rings. The van der Waals surface area contributed by atoms with Gasteiger partial charge in [-0.05, 0) is 41.5 Å². The van der Waals surface area contributed by atoms with Gasteiger partial charge < -0.3 is 10.1 Å². The Morgan fingerprint density at radius 3 is 2.04 bits per heavy atom. The molecule has 0 atom stereocenters. The molecule has 3 rings (SSSR count). The van der Waals surface area contributed by atoms with E-state index >= 15 is 0 Å². The summed E-state index contributed by atoms with van der Waals surface area (Å²) in [5, 5.41) is 2.95. The lowest BCUT2D eigenvalue weighted by molar-refractivity contribution is -0.111. The van der Waals surface area contributed by atoms with Crippen molar-refractivity contribution in [3.05, 3.63) is 96.1 Å². The van der Waals surface area contributed by atoms with Gasteiger partial charge >= 0.3 is 0 Å². The van der Waals surface area contributed by atoms with Crippen LogP contribution in [-0.2, 0) is 4.79 Å². The van der Waals surface area contributed by atoms with Crippen molar-refractivity contribution in [1.82, 2.24) is 0 Å². The second-order valence-corrected chi connectivity index (χ2v) is 5.52. The van der Waals surface area contributed by atoms with E-state index in [4.69, 9.17) is 4.74 Å². The Hall–Kier alpha value is -3.33. The molecule has 25 heavy (non-hydrogen) atoms. The first-order chi connectivity index (χ1) is 12.3. The van der Waals surface area contributed by atoms with Crippen molar-refractivity contribution >= 4 is 23.2 Å². The molecule has 0 saturated carbocycles. The zero-order valence-corrected chi connectivity index (χ0v) is 14.0. The van der Waals surface area contributed by atoms with Crippen molar-refractivity contribution in [2.75, 3.05) is 12.4 Å². The van der Waals surface area contributed by atoms with Crippen LogP contribution >= 0.6 is 0 Å². The fourth-order valence-electron chi connectivity index (χ4n) is 2.49. The van der Waals surface area contributed by atoms with E-state index in [1.807, 2.05) is 91.0 Å². The summed E-state index contributed by atoms with van der Waals surface area (Å²) in [6, 6.07) is 26.7. The standard InChI is InChI=1S/C22H19NO2/c1-25-20-14-12-19(13-15-20)23-22(24)21(18-10-6-3-7-11-18)16-17-8-4-2-5-9-17/h2-16H,1H3,(H,23,24)/b21-16+. The lowest BCUT2D eigenvalue weighted by Crippen LogP contribution is -2.13. The average molecular weight is 329 g/mol. The lowest BCUT2D eigenvalue weighted by Gasteiger charge is -2.10. The fraction of sp³-hybridized carbons (Fsp3) is 0.0455. The lowest BCUT2D eigenvalue weighted by atomic mass is 10.0. The van der Waals surface area contributed by atoms with Gasteiger partial charge in [-0.15, -0.1) is 0 Å². The third kappa shape index (κ3) is 4.36. The summed E-state index contributed by atoms with van der Waals surface area (Å²) in [6.07, 6.45) is 1.90. The Morgan fingerprint density at radius 1 is 0.840 bits per heavy atom. The molecule has 1 N–H and O–H groups in total. The quantitative estimate of drug-likeness (QED) is 0.535. The Bertz CT molecular complexity index is 854. The first-order valence-electron chi connectivity index (χ1n) is 8.04. The van der Waals surface area contributed by atoms with E-state index in [1.165, 1.54) is 0 Å². The van der Waals surface area contributed by atoms with Gasteiger partial charge in [0, 0.05) is 11.3 Å². The monoisotopic (exact) mass is 329 g/mol. The molecule has 0 heterocycles. The van der Waals surface area contributed by atoms with Crippen LogP contribution < -0.4 is 10.1 Å².